The Morgan fingerprint density at radius 1 is 1.41 bits per heavy atom. The molecule has 0 bridgehead atoms. The van der Waals surface area contributed by atoms with Crippen LogP contribution in [0.15, 0.2) is 18.2 Å². The van der Waals surface area contributed by atoms with E-state index in [2.05, 4.69) is 5.32 Å². The van der Waals surface area contributed by atoms with Crippen LogP contribution in [0.2, 0.25) is 0 Å². The van der Waals surface area contributed by atoms with Gasteiger partial charge in [0.15, 0.2) is 0 Å². The summed E-state index contributed by atoms with van der Waals surface area (Å²) in [5.74, 6) is 0. The lowest BCUT2D eigenvalue weighted by Gasteiger charge is -2.37. The van der Waals surface area contributed by atoms with Gasteiger partial charge in [0.2, 0.25) is 0 Å². The van der Waals surface area contributed by atoms with Crippen LogP contribution in [0, 0.1) is 0 Å². The first-order valence-electron chi connectivity index (χ1n) is 5.65. The fraction of sp³-hybridized carbons (Fsp3) is 0.500. The second-order valence-corrected chi connectivity index (χ2v) is 4.28. The molecule has 1 heterocycles. The maximum absolute atomic E-state index is 12.9. The summed E-state index contributed by atoms with van der Waals surface area (Å²) in [6.07, 6.45) is -4.30. The molecular weight excluding hydrogens is 229 g/mol. The van der Waals surface area contributed by atoms with Gasteiger partial charge in [0.25, 0.3) is 0 Å². The largest absolute Gasteiger partial charge is 0.418 e. The first-order chi connectivity index (χ1) is 7.93. The van der Waals surface area contributed by atoms with Crippen LogP contribution in [-0.4, -0.2) is 19.1 Å². The standard InChI is InChI=1S/C12H15F3N2/c1-3-17-7-8(2)16-10-6-4-5-9(11(10)17)12(13,14)15/h4-6,8,16H,3,7H2,1-2H3. The molecule has 2 rings (SSSR count). The van der Waals surface area contributed by atoms with Gasteiger partial charge in [-0.25, -0.2) is 0 Å². The van der Waals surface area contributed by atoms with E-state index < -0.39 is 11.7 Å². The van der Waals surface area contributed by atoms with Crippen LogP contribution in [0.1, 0.15) is 19.4 Å². The van der Waals surface area contributed by atoms with Gasteiger partial charge >= 0.3 is 6.18 Å². The van der Waals surface area contributed by atoms with Crippen LogP contribution >= 0.6 is 0 Å². The zero-order valence-electron chi connectivity index (χ0n) is 9.80. The van der Waals surface area contributed by atoms with Crippen LogP contribution in [0.4, 0.5) is 24.5 Å². The van der Waals surface area contributed by atoms with Gasteiger partial charge in [0.1, 0.15) is 0 Å². The summed E-state index contributed by atoms with van der Waals surface area (Å²) in [6, 6.07) is 4.44. The molecule has 94 valence electrons. The number of anilines is 2. The Morgan fingerprint density at radius 3 is 2.71 bits per heavy atom. The molecule has 0 aromatic heterocycles. The molecule has 0 saturated carbocycles. The number of para-hydroxylation sites is 1. The third kappa shape index (κ3) is 2.18. The lowest BCUT2D eigenvalue weighted by Crippen LogP contribution is -2.40. The highest BCUT2D eigenvalue weighted by molar-refractivity contribution is 5.76. The molecule has 1 aliphatic rings. The SMILES string of the molecule is CCN1CC(C)Nc2cccc(C(F)(F)F)c21. The quantitative estimate of drug-likeness (QED) is 0.815. The van der Waals surface area contributed by atoms with Gasteiger partial charge in [-0.3, -0.25) is 0 Å². The van der Waals surface area contributed by atoms with Gasteiger partial charge in [-0.2, -0.15) is 13.2 Å². The van der Waals surface area contributed by atoms with Gasteiger partial charge in [0, 0.05) is 19.1 Å². The van der Waals surface area contributed by atoms with Crippen molar-refractivity contribution in [3.8, 4) is 0 Å². The van der Waals surface area contributed by atoms with Gasteiger partial charge in [0.05, 0.1) is 16.9 Å². The third-order valence-corrected chi connectivity index (χ3v) is 2.94. The monoisotopic (exact) mass is 244 g/mol. The number of nitrogens with zero attached hydrogens (tertiary/aromatic N) is 1. The Hall–Kier alpha value is -1.39. The molecule has 0 saturated heterocycles. The van der Waals surface area contributed by atoms with E-state index in [9.17, 15) is 13.2 Å². The van der Waals surface area contributed by atoms with Gasteiger partial charge in [-0.05, 0) is 26.0 Å². The van der Waals surface area contributed by atoms with Gasteiger partial charge in [-0.15, -0.1) is 0 Å². The molecule has 1 unspecified atom stereocenters. The Labute approximate surface area is 98.4 Å². The highest BCUT2D eigenvalue weighted by Crippen LogP contribution is 2.42. The fourth-order valence-electron chi connectivity index (χ4n) is 2.25. The molecule has 0 amide bonds. The highest BCUT2D eigenvalue weighted by atomic mass is 19.4. The Kier molecular flexibility index (Phi) is 2.93. The first kappa shape index (κ1) is 12.1. The predicted molar refractivity (Wildman–Crippen MR) is 62.4 cm³/mol. The van der Waals surface area contributed by atoms with Crippen molar-refractivity contribution in [2.24, 2.45) is 0 Å². The normalized spacial score (nSPS) is 19.8. The average molecular weight is 244 g/mol. The van der Waals surface area contributed by atoms with Crippen molar-refractivity contribution in [2.75, 3.05) is 23.3 Å². The van der Waals surface area contributed by atoms with Crippen molar-refractivity contribution in [2.45, 2.75) is 26.1 Å². The highest BCUT2D eigenvalue weighted by Gasteiger charge is 2.37. The van der Waals surface area contributed by atoms with Crippen molar-refractivity contribution in [1.82, 2.24) is 0 Å². The van der Waals surface area contributed by atoms with E-state index >= 15 is 0 Å². The Bertz CT molecular complexity index is 415. The minimum Gasteiger partial charge on any atom is -0.379 e. The van der Waals surface area contributed by atoms with Crippen LogP contribution in [-0.2, 0) is 6.18 Å². The summed E-state index contributed by atoms with van der Waals surface area (Å²) >= 11 is 0. The lowest BCUT2D eigenvalue weighted by molar-refractivity contribution is -0.137. The van der Waals surface area contributed by atoms with E-state index in [1.165, 1.54) is 6.07 Å². The first-order valence-corrected chi connectivity index (χ1v) is 5.65. The van der Waals surface area contributed by atoms with E-state index in [-0.39, 0.29) is 11.7 Å². The van der Waals surface area contributed by atoms with Gasteiger partial charge < -0.3 is 10.2 Å². The number of alkyl halides is 3. The molecule has 17 heavy (non-hydrogen) atoms. The number of fused-ring (bicyclic) bond motifs is 1. The minimum atomic E-state index is -4.30. The van der Waals surface area contributed by atoms with Crippen LogP contribution in [0.25, 0.3) is 0 Å². The summed E-state index contributed by atoms with van der Waals surface area (Å²) < 4.78 is 38.8. The number of benzene rings is 1. The van der Waals surface area contributed by atoms with Crippen molar-refractivity contribution in [1.29, 1.82) is 0 Å². The molecule has 1 aromatic rings. The number of hydrogen-bond acceptors (Lipinski definition) is 2. The number of hydrogen-bond donors (Lipinski definition) is 1. The van der Waals surface area contributed by atoms with Crippen LogP contribution in [0.3, 0.4) is 0 Å². The van der Waals surface area contributed by atoms with Crippen molar-refractivity contribution >= 4 is 11.4 Å². The van der Waals surface area contributed by atoms with Crippen molar-refractivity contribution < 1.29 is 13.2 Å². The maximum atomic E-state index is 12.9. The molecular formula is C12H15F3N2. The summed E-state index contributed by atoms with van der Waals surface area (Å²) in [5.41, 5.74) is 0.289. The van der Waals surface area contributed by atoms with E-state index in [1.807, 2.05) is 13.8 Å². The number of nitrogens with one attached hydrogen (secondary N) is 1. The summed E-state index contributed by atoms with van der Waals surface area (Å²) in [4.78, 5) is 1.78. The average Bonchev–Trinajstić information content (AvgIpc) is 2.25. The zero-order valence-corrected chi connectivity index (χ0v) is 9.80. The summed E-state index contributed by atoms with van der Waals surface area (Å²) in [7, 11) is 0. The van der Waals surface area contributed by atoms with Crippen LogP contribution < -0.4 is 10.2 Å². The van der Waals surface area contributed by atoms with E-state index in [0.29, 0.717) is 18.8 Å². The predicted octanol–water partition coefficient (Wildman–Crippen LogP) is 3.35. The smallest absolute Gasteiger partial charge is 0.379 e. The molecule has 1 atom stereocenters. The summed E-state index contributed by atoms with van der Waals surface area (Å²) in [6.45, 7) is 5.00. The van der Waals surface area contributed by atoms with Crippen molar-refractivity contribution in [3.05, 3.63) is 23.8 Å². The topological polar surface area (TPSA) is 15.3 Å². The maximum Gasteiger partial charge on any atom is 0.418 e. The minimum absolute atomic E-state index is 0.158. The number of rotatable bonds is 1. The molecule has 5 heteroatoms. The second-order valence-electron chi connectivity index (χ2n) is 4.28. The molecule has 0 fully saturated rings. The van der Waals surface area contributed by atoms with E-state index in [0.717, 1.165) is 6.07 Å². The second kappa shape index (κ2) is 4.13. The molecule has 0 aliphatic carbocycles. The lowest BCUT2D eigenvalue weighted by atomic mass is 10.1. The number of likely N-dealkylation sites (N-methyl/N-ethyl adjacent to an activating group) is 1. The Balaban J connectivity index is 2.55. The van der Waals surface area contributed by atoms with Crippen molar-refractivity contribution in [3.63, 3.8) is 0 Å². The molecule has 1 N–H and O–H groups in total. The molecule has 0 spiro atoms. The van der Waals surface area contributed by atoms with E-state index in [4.69, 9.17) is 0 Å². The summed E-state index contributed by atoms with van der Waals surface area (Å²) in [5, 5.41) is 3.09. The molecule has 2 nitrogen and oxygen atoms in total. The molecule has 1 aliphatic heterocycles. The Morgan fingerprint density at radius 2 is 2.12 bits per heavy atom. The molecule has 1 aromatic carbocycles. The van der Waals surface area contributed by atoms with Crippen LogP contribution in [0.5, 0.6) is 0 Å². The molecule has 0 radical (unpaired) electrons. The van der Waals surface area contributed by atoms with E-state index in [1.54, 1.807) is 11.0 Å². The van der Waals surface area contributed by atoms with Gasteiger partial charge in [-0.1, -0.05) is 6.07 Å². The number of halogens is 3. The third-order valence-electron chi connectivity index (χ3n) is 2.94. The fourth-order valence-corrected chi connectivity index (χ4v) is 2.25. The zero-order chi connectivity index (χ0) is 12.6.